The van der Waals surface area contributed by atoms with Crippen molar-refractivity contribution in [2.24, 2.45) is 5.73 Å². The number of aliphatic carboxylic acids is 1. The zero-order valence-corrected chi connectivity index (χ0v) is 14.5. The fraction of sp³-hybridized carbons (Fsp3) is 0.571. The van der Waals surface area contributed by atoms with Gasteiger partial charge in [-0.1, -0.05) is 0 Å². The van der Waals surface area contributed by atoms with Gasteiger partial charge in [0.2, 0.25) is 0 Å². The van der Waals surface area contributed by atoms with Gasteiger partial charge in [-0.15, -0.1) is 11.8 Å². The fourth-order valence-electron chi connectivity index (χ4n) is 1.60. The number of carbonyl (C=O) groups is 2. The van der Waals surface area contributed by atoms with Crippen LogP contribution in [0.25, 0.3) is 0 Å². The standard InChI is InChI=1S/C14H22N2O4S2/c1-14(2,3)20-13(19)16-10(12(17)18)8-22-11(6-15)9-4-5-21-7-9/h4-5,7,10-11H,6,8,15H2,1-3H3,(H,16,19)(H,17,18)/t10-,11?/m0/s1. The molecule has 6 nitrogen and oxygen atoms in total. The zero-order chi connectivity index (χ0) is 16.8. The summed E-state index contributed by atoms with van der Waals surface area (Å²) in [7, 11) is 0. The molecule has 22 heavy (non-hydrogen) atoms. The first-order chi connectivity index (χ1) is 10.2. The number of hydrogen-bond acceptors (Lipinski definition) is 6. The van der Waals surface area contributed by atoms with Crippen LogP contribution < -0.4 is 11.1 Å². The van der Waals surface area contributed by atoms with Crippen LogP contribution in [0.15, 0.2) is 16.8 Å². The molecule has 1 unspecified atom stereocenters. The molecule has 0 bridgehead atoms. The van der Waals surface area contributed by atoms with Gasteiger partial charge >= 0.3 is 12.1 Å². The highest BCUT2D eigenvalue weighted by Crippen LogP contribution is 2.29. The van der Waals surface area contributed by atoms with Crippen molar-refractivity contribution in [2.75, 3.05) is 12.3 Å². The highest BCUT2D eigenvalue weighted by Gasteiger charge is 2.25. The van der Waals surface area contributed by atoms with E-state index in [2.05, 4.69) is 5.32 Å². The fourth-order valence-corrected chi connectivity index (χ4v) is 3.52. The molecule has 0 saturated carbocycles. The normalized spacial score (nSPS) is 14.2. The Morgan fingerprint density at radius 1 is 1.50 bits per heavy atom. The molecule has 0 aromatic carbocycles. The van der Waals surface area contributed by atoms with Crippen LogP contribution in [0, 0.1) is 0 Å². The number of nitrogens with one attached hydrogen (secondary N) is 1. The van der Waals surface area contributed by atoms with Crippen LogP contribution >= 0.6 is 23.1 Å². The van der Waals surface area contributed by atoms with Gasteiger partial charge < -0.3 is 20.9 Å². The van der Waals surface area contributed by atoms with E-state index in [4.69, 9.17) is 10.5 Å². The summed E-state index contributed by atoms with van der Waals surface area (Å²) < 4.78 is 5.08. The number of amides is 1. The lowest BCUT2D eigenvalue weighted by atomic mass is 10.2. The summed E-state index contributed by atoms with van der Waals surface area (Å²) in [4.78, 5) is 23.0. The van der Waals surface area contributed by atoms with Crippen LogP contribution in [0.5, 0.6) is 0 Å². The molecule has 1 rings (SSSR count). The van der Waals surface area contributed by atoms with E-state index >= 15 is 0 Å². The van der Waals surface area contributed by atoms with Crippen molar-refractivity contribution < 1.29 is 19.4 Å². The molecule has 0 spiro atoms. The second kappa shape index (κ2) is 8.40. The molecule has 0 fully saturated rings. The van der Waals surface area contributed by atoms with Crippen molar-refractivity contribution in [2.45, 2.75) is 37.7 Å². The molecule has 1 amide bonds. The number of nitrogens with two attached hydrogens (primary N) is 1. The number of alkyl carbamates (subject to hydrolysis) is 1. The van der Waals surface area contributed by atoms with E-state index in [1.54, 1.807) is 32.1 Å². The maximum atomic E-state index is 11.7. The molecule has 0 aliphatic rings. The predicted octanol–water partition coefficient (Wildman–Crippen LogP) is 2.46. The van der Waals surface area contributed by atoms with Crippen molar-refractivity contribution in [1.29, 1.82) is 0 Å². The molecular weight excluding hydrogens is 324 g/mol. The number of rotatable bonds is 7. The molecule has 0 aliphatic heterocycles. The molecule has 4 N–H and O–H groups in total. The van der Waals surface area contributed by atoms with E-state index in [-0.39, 0.29) is 11.0 Å². The monoisotopic (exact) mass is 346 g/mol. The first-order valence-electron chi connectivity index (χ1n) is 6.79. The maximum absolute atomic E-state index is 11.7. The molecule has 1 aromatic rings. The highest BCUT2D eigenvalue weighted by molar-refractivity contribution is 7.99. The van der Waals surface area contributed by atoms with Gasteiger partial charge in [0, 0.05) is 17.5 Å². The van der Waals surface area contributed by atoms with E-state index in [0.717, 1.165) is 5.56 Å². The number of carboxylic acids is 1. The average molecular weight is 346 g/mol. The second-order valence-corrected chi connectivity index (χ2v) is 7.67. The quantitative estimate of drug-likeness (QED) is 0.701. The molecule has 1 aromatic heterocycles. The largest absolute Gasteiger partial charge is 0.480 e. The van der Waals surface area contributed by atoms with Crippen molar-refractivity contribution >= 4 is 35.2 Å². The Balaban J connectivity index is 2.57. The third kappa shape index (κ3) is 6.67. The average Bonchev–Trinajstić information content (AvgIpc) is 2.89. The third-order valence-corrected chi connectivity index (χ3v) is 4.68. The summed E-state index contributed by atoms with van der Waals surface area (Å²) in [6.45, 7) is 5.56. The van der Waals surface area contributed by atoms with Gasteiger partial charge in [-0.25, -0.2) is 9.59 Å². The van der Waals surface area contributed by atoms with Gasteiger partial charge in [-0.05, 0) is 43.2 Å². The number of carbonyl (C=O) groups excluding carboxylic acids is 1. The van der Waals surface area contributed by atoms with Gasteiger partial charge in [0.25, 0.3) is 0 Å². The van der Waals surface area contributed by atoms with Gasteiger partial charge in [-0.3, -0.25) is 0 Å². The summed E-state index contributed by atoms with van der Waals surface area (Å²) in [5.74, 6) is -0.883. The predicted molar refractivity (Wildman–Crippen MR) is 89.4 cm³/mol. The SMILES string of the molecule is CC(C)(C)OC(=O)N[C@@H](CSC(CN)c1ccsc1)C(=O)O. The minimum absolute atomic E-state index is 0.00790. The number of thiophene rings is 1. The van der Waals surface area contributed by atoms with E-state index < -0.39 is 23.7 Å². The van der Waals surface area contributed by atoms with Crippen LogP contribution in [0.1, 0.15) is 31.6 Å². The topological polar surface area (TPSA) is 102 Å². The lowest BCUT2D eigenvalue weighted by Crippen LogP contribution is -2.45. The molecule has 0 saturated heterocycles. The lowest BCUT2D eigenvalue weighted by molar-refractivity contribution is -0.138. The number of hydrogen-bond donors (Lipinski definition) is 3. The number of ether oxygens (including phenoxy) is 1. The third-order valence-electron chi connectivity index (χ3n) is 2.58. The Morgan fingerprint density at radius 3 is 2.64 bits per heavy atom. The van der Waals surface area contributed by atoms with E-state index in [1.807, 2.05) is 16.8 Å². The highest BCUT2D eigenvalue weighted by atomic mass is 32.2. The Hall–Kier alpha value is -1.25. The zero-order valence-electron chi connectivity index (χ0n) is 12.9. The van der Waals surface area contributed by atoms with Crippen molar-refractivity contribution in [3.05, 3.63) is 22.4 Å². The molecule has 0 radical (unpaired) electrons. The Labute approximate surface area is 138 Å². The van der Waals surface area contributed by atoms with Gasteiger partial charge in [0.15, 0.2) is 0 Å². The van der Waals surface area contributed by atoms with Crippen LogP contribution in [0.2, 0.25) is 0 Å². The number of thioether (sulfide) groups is 1. The summed E-state index contributed by atoms with van der Waals surface area (Å²) in [5.41, 5.74) is 6.13. The van der Waals surface area contributed by atoms with Crippen LogP contribution in [0.4, 0.5) is 4.79 Å². The Morgan fingerprint density at radius 2 is 2.18 bits per heavy atom. The molecule has 0 aliphatic carbocycles. The van der Waals surface area contributed by atoms with Crippen molar-refractivity contribution in [1.82, 2.24) is 5.32 Å². The molecule has 2 atom stereocenters. The lowest BCUT2D eigenvalue weighted by Gasteiger charge is -2.22. The van der Waals surface area contributed by atoms with Crippen LogP contribution in [-0.2, 0) is 9.53 Å². The second-order valence-electron chi connectivity index (χ2n) is 5.65. The van der Waals surface area contributed by atoms with E-state index in [1.165, 1.54) is 11.8 Å². The Kier molecular flexibility index (Phi) is 7.18. The van der Waals surface area contributed by atoms with Crippen molar-refractivity contribution in [3.8, 4) is 0 Å². The summed E-state index contributed by atoms with van der Waals surface area (Å²) in [6.07, 6.45) is -0.736. The minimum Gasteiger partial charge on any atom is -0.480 e. The van der Waals surface area contributed by atoms with Gasteiger partial charge in [-0.2, -0.15) is 11.3 Å². The summed E-state index contributed by atoms with van der Waals surface area (Å²) in [5, 5.41) is 15.5. The first kappa shape index (κ1) is 18.8. The summed E-state index contributed by atoms with van der Waals surface area (Å²) in [6, 6.07) is 0.944. The molecule has 1 heterocycles. The van der Waals surface area contributed by atoms with Gasteiger partial charge in [0.1, 0.15) is 11.6 Å². The van der Waals surface area contributed by atoms with E-state index in [0.29, 0.717) is 6.54 Å². The molecular formula is C14H22N2O4S2. The van der Waals surface area contributed by atoms with Crippen molar-refractivity contribution in [3.63, 3.8) is 0 Å². The number of carboxylic acid groups (broad SMARTS) is 1. The maximum Gasteiger partial charge on any atom is 0.408 e. The molecule has 8 heteroatoms. The Bertz CT molecular complexity index is 486. The van der Waals surface area contributed by atoms with Gasteiger partial charge in [0.05, 0.1) is 0 Å². The molecule has 124 valence electrons. The summed E-state index contributed by atoms with van der Waals surface area (Å²) >= 11 is 2.97. The van der Waals surface area contributed by atoms with Crippen LogP contribution in [-0.4, -0.2) is 41.1 Å². The van der Waals surface area contributed by atoms with E-state index in [9.17, 15) is 14.7 Å². The smallest absolute Gasteiger partial charge is 0.408 e. The van der Waals surface area contributed by atoms with Crippen LogP contribution in [0.3, 0.4) is 0 Å². The first-order valence-corrected chi connectivity index (χ1v) is 8.78. The minimum atomic E-state index is -1.10.